The Morgan fingerprint density at radius 2 is 2.05 bits per heavy atom. The van der Waals surface area contributed by atoms with E-state index in [4.69, 9.17) is 10.5 Å². The van der Waals surface area contributed by atoms with Crippen molar-refractivity contribution in [1.29, 1.82) is 0 Å². The van der Waals surface area contributed by atoms with Crippen LogP contribution in [0.1, 0.15) is 16.8 Å². The van der Waals surface area contributed by atoms with Crippen LogP contribution < -0.4 is 15.8 Å². The number of hydrogen-bond donors (Lipinski definition) is 2. The van der Waals surface area contributed by atoms with Crippen molar-refractivity contribution in [3.63, 3.8) is 0 Å². The number of benzene rings is 1. The molecule has 22 heavy (non-hydrogen) atoms. The van der Waals surface area contributed by atoms with E-state index in [1.807, 2.05) is 0 Å². The molecule has 6 nitrogen and oxygen atoms in total. The molecule has 1 aromatic rings. The Morgan fingerprint density at radius 1 is 1.32 bits per heavy atom. The number of likely N-dealkylation sites (N-methyl/N-ethyl adjacent to an activating group) is 1. The standard InChI is InChI=1S/C16H26N4O2/c1-19-8-10-20(11-9-19)7-3-6-18-16(21)13-4-5-14(17)15(12-13)22-2/h4-5,12H,3,6-11,17H2,1-2H3,(H,18,21). The Bertz CT molecular complexity index is 499. The van der Waals surface area contributed by atoms with Crippen LogP contribution in [0.4, 0.5) is 5.69 Å². The summed E-state index contributed by atoms with van der Waals surface area (Å²) in [5.74, 6) is 0.446. The molecule has 3 N–H and O–H groups in total. The number of piperazine rings is 1. The zero-order valence-corrected chi connectivity index (χ0v) is 13.5. The SMILES string of the molecule is COc1cc(C(=O)NCCCN2CCN(C)CC2)ccc1N. The molecule has 0 aliphatic carbocycles. The van der Waals surface area contributed by atoms with Crippen LogP contribution in [0.15, 0.2) is 18.2 Å². The van der Waals surface area contributed by atoms with Gasteiger partial charge in [-0.3, -0.25) is 4.79 Å². The third-order valence-corrected chi connectivity index (χ3v) is 4.03. The number of anilines is 1. The lowest BCUT2D eigenvalue weighted by atomic mass is 10.1. The number of ether oxygens (including phenoxy) is 1. The number of nitrogens with two attached hydrogens (primary N) is 1. The summed E-state index contributed by atoms with van der Waals surface area (Å²) in [6.07, 6.45) is 0.960. The van der Waals surface area contributed by atoms with Gasteiger partial charge in [-0.15, -0.1) is 0 Å². The van der Waals surface area contributed by atoms with Crippen LogP contribution in [-0.2, 0) is 0 Å². The third-order valence-electron chi connectivity index (χ3n) is 4.03. The van der Waals surface area contributed by atoms with Crippen LogP contribution in [0.5, 0.6) is 5.75 Å². The number of nitrogen functional groups attached to an aromatic ring is 1. The van der Waals surface area contributed by atoms with Crippen LogP contribution in [0.2, 0.25) is 0 Å². The first-order valence-corrected chi connectivity index (χ1v) is 7.73. The number of rotatable bonds is 6. The molecule has 1 aromatic carbocycles. The van der Waals surface area contributed by atoms with Crippen molar-refractivity contribution in [2.75, 3.05) is 59.2 Å². The maximum Gasteiger partial charge on any atom is 0.251 e. The average Bonchev–Trinajstić information content (AvgIpc) is 2.53. The summed E-state index contributed by atoms with van der Waals surface area (Å²) in [6.45, 7) is 6.17. The Kier molecular flexibility index (Phi) is 6.03. The quantitative estimate of drug-likeness (QED) is 0.596. The molecule has 1 heterocycles. The molecule has 6 heteroatoms. The highest BCUT2D eigenvalue weighted by molar-refractivity contribution is 5.95. The normalized spacial score (nSPS) is 16.5. The van der Waals surface area contributed by atoms with Crippen molar-refractivity contribution in [3.05, 3.63) is 23.8 Å². The molecule has 1 amide bonds. The minimum atomic E-state index is -0.0864. The maximum absolute atomic E-state index is 12.1. The van der Waals surface area contributed by atoms with Gasteiger partial charge in [0.15, 0.2) is 0 Å². The predicted molar refractivity (Wildman–Crippen MR) is 88.3 cm³/mol. The van der Waals surface area contributed by atoms with Gasteiger partial charge in [-0.1, -0.05) is 0 Å². The van der Waals surface area contributed by atoms with E-state index in [2.05, 4.69) is 22.2 Å². The van der Waals surface area contributed by atoms with Crippen molar-refractivity contribution >= 4 is 11.6 Å². The number of nitrogens with zero attached hydrogens (tertiary/aromatic N) is 2. The van der Waals surface area contributed by atoms with Gasteiger partial charge in [-0.05, 0) is 38.2 Å². The first kappa shape index (κ1) is 16.6. The van der Waals surface area contributed by atoms with Gasteiger partial charge in [0, 0.05) is 38.3 Å². The van der Waals surface area contributed by atoms with E-state index in [1.54, 1.807) is 25.3 Å². The summed E-state index contributed by atoms with van der Waals surface area (Å²) < 4.78 is 5.13. The van der Waals surface area contributed by atoms with Crippen molar-refractivity contribution in [3.8, 4) is 5.75 Å². The number of hydrogen-bond acceptors (Lipinski definition) is 5. The zero-order chi connectivity index (χ0) is 15.9. The van der Waals surface area contributed by atoms with Gasteiger partial charge >= 0.3 is 0 Å². The number of methoxy groups -OCH3 is 1. The van der Waals surface area contributed by atoms with Gasteiger partial charge < -0.3 is 25.6 Å². The van der Waals surface area contributed by atoms with E-state index in [0.29, 0.717) is 23.5 Å². The van der Waals surface area contributed by atoms with Crippen LogP contribution in [0.3, 0.4) is 0 Å². The molecule has 1 fully saturated rings. The molecule has 1 aliphatic heterocycles. The molecular formula is C16H26N4O2. The van der Waals surface area contributed by atoms with Gasteiger partial charge in [0.2, 0.25) is 0 Å². The Labute approximate surface area is 132 Å². The van der Waals surface area contributed by atoms with Crippen LogP contribution in [0, 0.1) is 0 Å². The lowest BCUT2D eigenvalue weighted by Crippen LogP contribution is -2.45. The average molecular weight is 306 g/mol. The second kappa shape index (κ2) is 8.00. The molecule has 0 radical (unpaired) electrons. The topological polar surface area (TPSA) is 70.8 Å². The zero-order valence-electron chi connectivity index (χ0n) is 13.5. The summed E-state index contributed by atoms with van der Waals surface area (Å²) in [7, 11) is 3.70. The second-order valence-electron chi connectivity index (χ2n) is 5.71. The first-order chi connectivity index (χ1) is 10.6. The van der Waals surface area contributed by atoms with E-state index in [9.17, 15) is 4.79 Å². The van der Waals surface area contributed by atoms with Crippen molar-refractivity contribution in [2.45, 2.75) is 6.42 Å². The van der Waals surface area contributed by atoms with Crippen molar-refractivity contribution in [2.24, 2.45) is 0 Å². The Balaban J connectivity index is 1.71. The van der Waals surface area contributed by atoms with E-state index < -0.39 is 0 Å². The van der Waals surface area contributed by atoms with E-state index >= 15 is 0 Å². The third kappa shape index (κ3) is 4.61. The van der Waals surface area contributed by atoms with Crippen LogP contribution >= 0.6 is 0 Å². The lowest BCUT2D eigenvalue weighted by molar-refractivity contribution is 0.0949. The van der Waals surface area contributed by atoms with Crippen molar-refractivity contribution < 1.29 is 9.53 Å². The molecule has 1 saturated heterocycles. The van der Waals surface area contributed by atoms with Gasteiger partial charge in [0.05, 0.1) is 12.8 Å². The Morgan fingerprint density at radius 3 is 2.73 bits per heavy atom. The minimum absolute atomic E-state index is 0.0864. The summed E-state index contributed by atoms with van der Waals surface area (Å²) in [5.41, 5.74) is 6.86. The fourth-order valence-electron chi connectivity index (χ4n) is 2.53. The second-order valence-corrected chi connectivity index (χ2v) is 5.71. The summed E-state index contributed by atoms with van der Waals surface area (Å²) in [6, 6.07) is 5.08. The molecule has 122 valence electrons. The van der Waals surface area contributed by atoms with Gasteiger partial charge in [-0.2, -0.15) is 0 Å². The largest absolute Gasteiger partial charge is 0.495 e. The van der Waals surface area contributed by atoms with Crippen molar-refractivity contribution in [1.82, 2.24) is 15.1 Å². The molecule has 0 bridgehead atoms. The first-order valence-electron chi connectivity index (χ1n) is 7.73. The molecule has 0 unspecified atom stereocenters. The minimum Gasteiger partial charge on any atom is -0.495 e. The molecule has 0 aromatic heterocycles. The number of carbonyl (C=O) groups is 1. The molecule has 0 spiro atoms. The smallest absolute Gasteiger partial charge is 0.251 e. The Hall–Kier alpha value is -1.79. The molecular weight excluding hydrogens is 280 g/mol. The fraction of sp³-hybridized carbons (Fsp3) is 0.562. The van der Waals surface area contributed by atoms with Gasteiger partial charge in [0.25, 0.3) is 5.91 Å². The summed E-state index contributed by atoms with van der Waals surface area (Å²) in [4.78, 5) is 16.9. The van der Waals surface area contributed by atoms with Gasteiger partial charge in [0.1, 0.15) is 5.75 Å². The molecule has 2 rings (SSSR count). The number of nitrogens with one attached hydrogen (secondary N) is 1. The summed E-state index contributed by atoms with van der Waals surface area (Å²) in [5, 5.41) is 2.95. The monoisotopic (exact) mass is 306 g/mol. The van der Waals surface area contributed by atoms with Crippen LogP contribution in [0.25, 0.3) is 0 Å². The molecule has 0 saturated carbocycles. The lowest BCUT2D eigenvalue weighted by Gasteiger charge is -2.32. The molecule has 1 aliphatic rings. The molecule has 0 atom stereocenters. The highest BCUT2D eigenvalue weighted by Crippen LogP contribution is 2.21. The highest BCUT2D eigenvalue weighted by atomic mass is 16.5. The fourth-order valence-corrected chi connectivity index (χ4v) is 2.53. The van der Waals surface area contributed by atoms with Gasteiger partial charge in [-0.25, -0.2) is 0 Å². The number of carbonyl (C=O) groups excluding carboxylic acids is 1. The predicted octanol–water partition coefficient (Wildman–Crippen LogP) is 0.645. The van der Waals surface area contributed by atoms with E-state index in [0.717, 1.165) is 39.1 Å². The highest BCUT2D eigenvalue weighted by Gasteiger charge is 2.13. The number of amides is 1. The van der Waals surface area contributed by atoms with Crippen LogP contribution in [-0.4, -0.2) is 69.1 Å². The van der Waals surface area contributed by atoms with E-state index in [-0.39, 0.29) is 5.91 Å². The van der Waals surface area contributed by atoms with E-state index in [1.165, 1.54) is 0 Å². The maximum atomic E-state index is 12.1. The summed E-state index contributed by atoms with van der Waals surface area (Å²) >= 11 is 0.